The Morgan fingerprint density at radius 3 is 2.67 bits per heavy atom. The fourth-order valence-electron chi connectivity index (χ4n) is 2.63. The average Bonchev–Trinajstić information content (AvgIpc) is 3.16. The zero-order valence-electron chi connectivity index (χ0n) is 13.5. The maximum atomic E-state index is 12.3. The summed E-state index contributed by atoms with van der Waals surface area (Å²) in [6, 6.07) is 9.17. The molecule has 2 heterocycles. The van der Waals surface area contributed by atoms with Crippen molar-refractivity contribution in [2.45, 2.75) is 12.5 Å². The van der Waals surface area contributed by atoms with Crippen LogP contribution >= 0.6 is 24.8 Å². The molecule has 0 spiro atoms. The second-order valence-electron chi connectivity index (χ2n) is 5.36. The predicted molar refractivity (Wildman–Crippen MR) is 99.5 cm³/mol. The number of carbonyl (C=O) groups is 2. The van der Waals surface area contributed by atoms with Crippen molar-refractivity contribution in [2.24, 2.45) is 0 Å². The van der Waals surface area contributed by atoms with Crippen LogP contribution in [0.25, 0.3) is 0 Å². The van der Waals surface area contributed by atoms with E-state index in [2.05, 4.69) is 5.32 Å². The average molecular weight is 364 g/mol. The summed E-state index contributed by atoms with van der Waals surface area (Å²) >= 11 is 1.62. The maximum Gasteiger partial charge on any atom is 0.265 e. The number of hydrogen-bond donors (Lipinski definition) is 1. The van der Waals surface area contributed by atoms with Gasteiger partial charge in [0.05, 0.1) is 11.1 Å². The SMILES string of the molecule is CNCC[C@H](Oc1cccc2c1C(=O)N(C)C2=O)c1cccs1.S. The van der Waals surface area contributed by atoms with Crippen molar-refractivity contribution in [2.75, 3.05) is 20.6 Å². The lowest BCUT2D eigenvalue weighted by atomic mass is 10.1. The van der Waals surface area contributed by atoms with E-state index < -0.39 is 0 Å². The molecule has 0 saturated heterocycles. The van der Waals surface area contributed by atoms with Crippen LogP contribution < -0.4 is 10.1 Å². The fourth-order valence-corrected chi connectivity index (χ4v) is 3.42. The van der Waals surface area contributed by atoms with Crippen LogP contribution in [0.2, 0.25) is 0 Å². The molecule has 2 amide bonds. The number of nitrogens with one attached hydrogen (secondary N) is 1. The summed E-state index contributed by atoms with van der Waals surface area (Å²) in [6.07, 6.45) is 0.626. The number of rotatable bonds is 6. The van der Waals surface area contributed by atoms with Crippen LogP contribution in [0.5, 0.6) is 5.75 Å². The summed E-state index contributed by atoms with van der Waals surface area (Å²) in [7, 11) is 3.38. The Balaban J connectivity index is 0.00000208. The van der Waals surface area contributed by atoms with Gasteiger partial charge in [0.2, 0.25) is 0 Å². The number of ether oxygens (including phenoxy) is 1. The minimum absolute atomic E-state index is 0. The minimum Gasteiger partial charge on any atom is -0.484 e. The molecule has 128 valence electrons. The molecule has 24 heavy (non-hydrogen) atoms. The molecule has 5 nitrogen and oxygen atoms in total. The molecule has 0 bridgehead atoms. The van der Waals surface area contributed by atoms with Gasteiger partial charge >= 0.3 is 0 Å². The van der Waals surface area contributed by atoms with Gasteiger partial charge in [0.15, 0.2) is 0 Å². The van der Waals surface area contributed by atoms with Crippen LogP contribution in [-0.4, -0.2) is 37.4 Å². The molecule has 1 aliphatic rings. The first kappa shape index (κ1) is 18.5. The second kappa shape index (κ2) is 7.83. The lowest BCUT2D eigenvalue weighted by molar-refractivity contribution is 0.0691. The summed E-state index contributed by atoms with van der Waals surface area (Å²) in [5.74, 6) is -0.114. The van der Waals surface area contributed by atoms with Crippen LogP contribution in [-0.2, 0) is 0 Å². The molecule has 1 aliphatic heterocycles. The number of hydrogen-bond acceptors (Lipinski definition) is 5. The number of amides is 2. The van der Waals surface area contributed by atoms with Gasteiger partial charge in [-0.2, -0.15) is 13.5 Å². The Bertz CT molecular complexity index is 731. The summed E-state index contributed by atoms with van der Waals surface area (Å²) in [5, 5.41) is 5.12. The molecule has 7 heteroatoms. The Morgan fingerprint density at radius 1 is 1.21 bits per heavy atom. The zero-order valence-corrected chi connectivity index (χ0v) is 15.4. The van der Waals surface area contributed by atoms with Gasteiger partial charge in [0, 0.05) is 18.3 Å². The smallest absolute Gasteiger partial charge is 0.265 e. The van der Waals surface area contributed by atoms with E-state index in [-0.39, 0.29) is 31.4 Å². The molecular formula is C17H20N2O3S2. The Morgan fingerprint density at radius 2 is 2.00 bits per heavy atom. The van der Waals surface area contributed by atoms with Crippen molar-refractivity contribution in [3.63, 3.8) is 0 Å². The number of fused-ring (bicyclic) bond motifs is 1. The van der Waals surface area contributed by atoms with Crippen molar-refractivity contribution in [1.29, 1.82) is 0 Å². The molecule has 0 saturated carbocycles. The normalized spacial score (nSPS) is 14.3. The van der Waals surface area contributed by atoms with Gasteiger partial charge in [-0.3, -0.25) is 14.5 Å². The van der Waals surface area contributed by atoms with Gasteiger partial charge < -0.3 is 10.1 Å². The standard InChI is InChI=1S/C17H18N2O3S.H2S/c1-18-9-8-12(14-7-4-10-23-14)22-13-6-3-5-11-15(13)17(21)19(2)16(11)20;/h3-7,10,12,18H,8-9H2,1-2H3;1H2/t12-;/m0./s1. The topological polar surface area (TPSA) is 58.6 Å². The predicted octanol–water partition coefficient (Wildman–Crippen LogP) is 2.82. The van der Waals surface area contributed by atoms with E-state index in [1.165, 1.54) is 7.05 Å². The maximum absolute atomic E-state index is 12.3. The molecular weight excluding hydrogens is 344 g/mol. The van der Waals surface area contributed by atoms with Crippen LogP contribution in [0.15, 0.2) is 35.7 Å². The van der Waals surface area contributed by atoms with Crippen molar-refractivity contribution in [3.05, 3.63) is 51.7 Å². The van der Waals surface area contributed by atoms with Gasteiger partial charge in [-0.25, -0.2) is 0 Å². The Kier molecular flexibility index (Phi) is 6.04. The van der Waals surface area contributed by atoms with E-state index in [1.54, 1.807) is 29.5 Å². The third-order valence-corrected chi connectivity index (χ3v) is 4.83. The van der Waals surface area contributed by atoms with Gasteiger partial charge in [-0.05, 0) is 37.2 Å². The number of nitrogens with zero attached hydrogens (tertiary/aromatic N) is 1. The summed E-state index contributed by atoms with van der Waals surface area (Å²) in [5.41, 5.74) is 0.777. The lowest BCUT2D eigenvalue weighted by Crippen LogP contribution is -2.24. The van der Waals surface area contributed by atoms with Gasteiger partial charge in [-0.15, -0.1) is 11.3 Å². The van der Waals surface area contributed by atoms with Gasteiger partial charge in [-0.1, -0.05) is 12.1 Å². The van der Waals surface area contributed by atoms with E-state index in [4.69, 9.17) is 4.74 Å². The molecule has 2 aromatic rings. The summed E-state index contributed by atoms with van der Waals surface area (Å²) in [4.78, 5) is 26.6. The first-order valence-electron chi connectivity index (χ1n) is 7.43. The van der Waals surface area contributed by atoms with Crippen molar-refractivity contribution in [1.82, 2.24) is 10.2 Å². The molecule has 1 aromatic heterocycles. The number of benzene rings is 1. The molecule has 0 radical (unpaired) electrons. The van der Waals surface area contributed by atoms with Crippen molar-refractivity contribution in [3.8, 4) is 5.75 Å². The monoisotopic (exact) mass is 364 g/mol. The second-order valence-corrected chi connectivity index (χ2v) is 6.34. The van der Waals surface area contributed by atoms with E-state index in [9.17, 15) is 9.59 Å². The quantitative estimate of drug-likeness (QED) is 0.801. The largest absolute Gasteiger partial charge is 0.484 e. The molecule has 1 aromatic carbocycles. The fraction of sp³-hybridized carbons (Fsp3) is 0.294. The van der Waals surface area contributed by atoms with Crippen molar-refractivity contribution >= 4 is 36.6 Å². The number of thiophene rings is 1. The zero-order chi connectivity index (χ0) is 16.4. The molecule has 1 atom stereocenters. The number of carbonyl (C=O) groups excluding carboxylic acids is 2. The van der Waals surface area contributed by atoms with Crippen LogP contribution in [0.4, 0.5) is 0 Å². The highest BCUT2D eigenvalue weighted by molar-refractivity contribution is 7.59. The third kappa shape index (κ3) is 3.33. The first-order valence-corrected chi connectivity index (χ1v) is 8.31. The van der Waals surface area contributed by atoms with E-state index >= 15 is 0 Å². The highest BCUT2D eigenvalue weighted by atomic mass is 32.1. The van der Waals surface area contributed by atoms with E-state index in [0.717, 1.165) is 22.7 Å². The van der Waals surface area contributed by atoms with Crippen LogP contribution in [0.3, 0.4) is 0 Å². The summed E-state index contributed by atoms with van der Waals surface area (Å²) in [6.45, 7) is 0.796. The molecule has 0 unspecified atom stereocenters. The molecule has 1 N–H and O–H groups in total. The first-order chi connectivity index (χ1) is 11.1. The molecule has 0 aliphatic carbocycles. The Labute approximate surface area is 152 Å². The highest BCUT2D eigenvalue weighted by Crippen LogP contribution is 2.34. The van der Waals surface area contributed by atoms with E-state index in [0.29, 0.717) is 16.9 Å². The third-order valence-electron chi connectivity index (χ3n) is 3.87. The molecule has 0 fully saturated rings. The lowest BCUT2D eigenvalue weighted by Gasteiger charge is -2.19. The van der Waals surface area contributed by atoms with E-state index in [1.807, 2.05) is 24.6 Å². The summed E-state index contributed by atoms with van der Waals surface area (Å²) < 4.78 is 6.14. The van der Waals surface area contributed by atoms with Gasteiger partial charge in [0.25, 0.3) is 11.8 Å². The highest BCUT2D eigenvalue weighted by Gasteiger charge is 2.36. The molecule has 3 rings (SSSR count). The minimum atomic E-state index is -0.306. The van der Waals surface area contributed by atoms with Crippen LogP contribution in [0.1, 0.15) is 38.1 Å². The Hall–Kier alpha value is -1.83. The van der Waals surface area contributed by atoms with Crippen LogP contribution in [0, 0.1) is 0 Å². The number of imide groups is 1. The van der Waals surface area contributed by atoms with Crippen molar-refractivity contribution < 1.29 is 14.3 Å². The van der Waals surface area contributed by atoms with Gasteiger partial charge in [0.1, 0.15) is 11.9 Å².